The summed E-state index contributed by atoms with van der Waals surface area (Å²) >= 11 is 14.7. The van der Waals surface area contributed by atoms with Crippen molar-refractivity contribution in [1.29, 1.82) is 0 Å². The number of nitrogens with two attached hydrogens (primary N) is 1. The maximum absolute atomic E-state index is 6.75. The van der Waals surface area contributed by atoms with Crippen LogP contribution in [0.1, 0.15) is 43.2 Å². The molecule has 2 atom stereocenters. The van der Waals surface area contributed by atoms with Crippen LogP contribution in [0.15, 0.2) is 40.0 Å². The second-order valence-corrected chi connectivity index (χ2v) is 8.94. The SMILES string of the molecule is CC1=C(C)C[C@@H](c2sc3c(NCc4ccco4)cc(Cl)nc3c2Cl)[C@H](N)C1. The molecule has 0 bridgehead atoms. The molecule has 4 rings (SSSR count). The number of nitrogens with zero attached hydrogens (tertiary/aromatic N) is 1. The molecule has 142 valence electrons. The molecule has 3 aromatic heterocycles. The van der Waals surface area contributed by atoms with Gasteiger partial charge in [-0.05, 0) is 38.8 Å². The minimum atomic E-state index is 0.0641. The van der Waals surface area contributed by atoms with E-state index in [1.165, 1.54) is 11.1 Å². The van der Waals surface area contributed by atoms with Gasteiger partial charge in [-0.2, -0.15) is 0 Å². The summed E-state index contributed by atoms with van der Waals surface area (Å²) in [5.41, 5.74) is 10.9. The van der Waals surface area contributed by atoms with E-state index >= 15 is 0 Å². The molecular weight excluding hydrogens is 401 g/mol. The highest BCUT2D eigenvalue weighted by molar-refractivity contribution is 7.20. The second-order valence-electron chi connectivity index (χ2n) is 7.12. The van der Waals surface area contributed by atoms with Crippen molar-refractivity contribution in [3.8, 4) is 0 Å². The minimum Gasteiger partial charge on any atom is -0.467 e. The number of nitrogens with one attached hydrogen (secondary N) is 1. The Balaban J connectivity index is 1.73. The molecule has 3 aromatic rings. The minimum absolute atomic E-state index is 0.0641. The van der Waals surface area contributed by atoms with E-state index in [-0.39, 0.29) is 12.0 Å². The number of allylic oxidation sites excluding steroid dienone is 1. The van der Waals surface area contributed by atoms with E-state index in [1.54, 1.807) is 17.6 Å². The third-order valence-electron chi connectivity index (χ3n) is 5.26. The average Bonchev–Trinajstić information content (AvgIpc) is 3.25. The van der Waals surface area contributed by atoms with Crippen LogP contribution in [0.25, 0.3) is 10.2 Å². The topological polar surface area (TPSA) is 64.1 Å². The quantitative estimate of drug-likeness (QED) is 0.380. The molecule has 0 saturated heterocycles. The molecule has 7 heteroatoms. The van der Waals surface area contributed by atoms with Gasteiger partial charge in [-0.15, -0.1) is 11.3 Å². The lowest BCUT2D eigenvalue weighted by Crippen LogP contribution is -2.31. The summed E-state index contributed by atoms with van der Waals surface area (Å²) in [7, 11) is 0. The smallest absolute Gasteiger partial charge is 0.131 e. The lowest BCUT2D eigenvalue weighted by Gasteiger charge is -2.30. The molecule has 0 aromatic carbocycles. The van der Waals surface area contributed by atoms with Crippen molar-refractivity contribution in [3.05, 3.63) is 56.4 Å². The molecule has 0 fully saturated rings. The van der Waals surface area contributed by atoms with Gasteiger partial charge in [0.2, 0.25) is 0 Å². The van der Waals surface area contributed by atoms with Crippen molar-refractivity contribution in [1.82, 2.24) is 4.98 Å². The molecule has 27 heavy (non-hydrogen) atoms. The first-order valence-electron chi connectivity index (χ1n) is 8.89. The molecule has 4 nitrogen and oxygen atoms in total. The molecule has 3 N–H and O–H groups in total. The predicted octanol–water partition coefficient (Wildman–Crippen LogP) is 6.35. The van der Waals surface area contributed by atoms with Gasteiger partial charge in [0.05, 0.1) is 28.2 Å². The van der Waals surface area contributed by atoms with Gasteiger partial charge in [0.1, 0.15) is 16.4 Å². The lowest BCUT2D eigenvalue weighted by molar-refractivity contribution is 0.498. The fraction of sp³-hybridized carbons (Fsp3) is 0.350. The number of rotatable bonds is 4. The van der Waals surface area contributed by atoms with Gasteiger partial charge in [-0.3, -0.25) is 0 Å². The number of thiophene rings is 1. The van der Waals surface area contributed by atoms with E-state index < -0.39 is 0 Å². The molecular formula is C20H21Cl2N3OS. The first kappa shape index (κ1) is 18.8. The summed E-state index contributed by atoms with van der Waals surface area (Å²) in [6.07, 6.45) is 3.50. The fourth-order valence-electron chi connectivity index (χ4n) is 3.60. The highest BCUT2D eigenvalue weighted by atomic mass is 35.5. The third kappa shape index (κ3) is 3.61. The molecule has 0 amide bonds. The van der Waals surface area contributed by atoms with E-state index in [9.17, 15) is 0 Å². The first-order valence-corrected chi connectivity index (χ1v) is 10.5. The van der Waals surface area contributed by atoms with Crippen LogP contribution in [0, 0.1) is 0 Å². The lowest BCUT2D eigenvalue weighted by atomic mass is 9.81. The molecule has 0 saturated carbocycles. The molecule has 0 spiro atoms. The number of hydrogen-bond acceptors (Lipinski definition) is 5. The summed E-state index contributed by atoms with van der Waals surface area (Å²) in [5.74, 6) is 1.06. The van der Waals surface area contributed by atoms with Crippen molar-refractivity contribution < 1.29 is 4.42 Å². The van der Waals surface area contributed by atoms with Gasteiger partial charge >= 0.3 is 0 Å². The number of furan rings is 1. The monoisotopic (exact) mass is 421 g/mol. The van der Waals surface area contributed by atoms with Gasteiger partial charge in [0.25, 0.3) is 0 Å². The van der Waals surface area contributed by atoms with Crippen LogP contribution in [0.3, 0.4) is 0 Å². The Kier molecular flexibility index (Phi) is 5.21. The second kappa shape index (κ2) is 7.47. The van der Waals surface area contributed by atoms with Crippen molar-refractivity contribution in [2.75, 3.05) is 5.32 Å². The highest BCUT2D eigenvalue weighted by Crippen LogP contribution is 2.47. The summed E-state index contributed by atoms with van der Waals surface area (Å²) in [6, 6.07) is 5.70. The highest BCUT2D eigenvalue weighted by Gasteiger charge is 2.30. The van der Waals surface area contributed by atoms with E-state index in [2.05, 4.69) is 24.1 Å². The van der Waals surface area contributed by atoms with E-state index in [0.29, 0.717) is 16.7 Å². The van der Waals surface area contributed by atoms with Crippen LogP contribution in [0.2, 0.25) is 10.2 Å². The summed E-state index contributed by atoms with van der Waals surface area (Å²) in [4.78, 5) is 5.58. The van der Waals surface area contributed by atoms with Gasteiger partial charge in [-0.1, -0.05) is 34.3 Å². The standard InChI is InChI=1S/C20H21Cl2N3OS/c1-10-6-13(14(23)7-11(10)2)19-17(22)18-20(27-19)15(8-16(21)25-18)24-9-12-4-3-5-26-12/h3-5,8,13-14H,6-7,9,23H2,1-2H3,(H,24,25)/t13-,14-/m1/s1. The first-order chi connectivity index (χ1) is 12.9. The predicted molar refractivity (Wildman–Crippen MR) is 114 cm³/mol. The summed E-state index contributed by atoms with van der Waals surface area (Å²) in [5, 5.41) is 4.48. The zero-order valence-electron chi connectivity index (χ0n) is 15.2. The Labute approximate surface area is 172 Å². The van der Waals surface area contributed by atoms with Crippen LogP contribution in [0.4, 0.5) is 5.69 Å². The molecule has 3 heterocycles. The number of fused-ring (bicyclic) bond motifs is 1. The van der Waals surface area contributed by atoms with Crippen LogP contribution in [-0.2, 0) is 6.54 Å². The Morgan fingerprint density at radius 3 is 2.81 bits per heavy atom. The zero-order chi connectivity index (χ0) is 19.1. The Morgan fingerprint density at radius 1 is 1.30 bits per heavy atom. The van der Waals surface area contributed by atoms with Crippen molar-refractivity contribution in [2.24, 2.45) is 5.73 Å². The normalized spacial score (nSPS) is 20.5. The van der Waals surface area contributed by atoms with Crippen LogP contribution >= 0.6 is 34.5 Å². The van der Waals surface area contributed by atoms with E-state index in [0.717, 1.165) is 39.4 Å². The molecule has 0 unspecified atom stereocenters. The maximum atomic E-state index is 6.75. The summed E-state index contributed by atoms with van der Waals surface area (Å²) < 4.78 is 6.40. The fourth-order valence-corrected chi connectivity index (χ4v) is 5.55. The maximum Gasteiger partial charge on any atom is 0.131 e. The third-order valence-corrected chi connectivity index (χ3v) is 7.29. The van der Waals surface area contributed by atoms with Crippen molar-refractivity contribution >= 4 is 50.4 Å². The van der Waals surface area contributed by atoms with Crippen LogP contribution in [0.5, 0.6) is 0 Å². The van der Waals surface area contributed by atoms with E-state index in [4.69, 9.17) is 33.4 Å². The van der Waals surface area contributed by atoms with Gasteiger partial charge in [0, 0.05) is 22.9 Å². The Bertz CT molecular complexity index is 1010. The number of halogens is 2. The van der Waals surface area contributed by atoms with Gasteiger partial charge < -0.3 is 15.5 Å². The largest absolute Gasteiger partial charge is 0.467 e. The molecule has 1 aliphatic carbocycles. The number of aromatic nitrogens is 1. The van der Waals surface area contributed by atoms with Gasteiger partial charge in [-0.25, -0.2) is 4.98 Å². The molecule has 0 radical (unpaired) electrons. The number of pyridine rings is 1. The molecule has 1 aliphatic rings. The van der Waals surface area contributed by atoms with E-state index in [1.807, 2.05) is 18.2 Å². The van der Waals surface area contributed by atoms with Crippen molar-refractivity contribution in [2.45, 2.75) is 45.2 Å². The summed E-state index contributed by atoms with van der Waals surface area (Å²) in [6.45, 7) is 4.91. The molecule has 0 aliphatic heterocycles. The number of anilines is 1. The van der Waals surface area contributed by atoms with Gasteiger partial charge in [0.15, 0.2) is 0 Å². The zero-order valence-corrected chi connectivity index (χ0v) is 17.5. The number of hydrogen-bond donors (Lipinski definition) is 2. The van der Waals surface area contributed by atoms with Crippen LogP contribution < -0.4 is 11.1 Å². The van der Waals surface area contributed by atoms with Crippen LogP contribution in [-0.4, -0.2) is 11.0 Å². The van der Waals surface area contributed by atoms with Crippen molar-refractivity contribution in [3.63, 3.8) is 0 Å². The Morgan fingerprint density at radius 2 is 2.07 bits per heavy atom. The average molecular weight is 422 g/mol. The Hall–Kier alpha value is -1.53.